The summed E-state index contributed by atoms with van der Waals surface area (Å²) >= 11 is 0. The third-order valence-corrected chi connectivity index (χ3v) is 2.87. The zero-order valence-electron chi connectivity index (χ0n) is 14.3. The van der Waals surface area contributed by atoms with Crippen LogP contribution in [0.4, 0.5) is 0 Å². The van der Waals surface area contributed by atoms with Gasteiger partial charge in [-0.3, -0.25) is 0 Å². The highest BCUT2D eigenvalue weighted by molar-refractivity contribution is 4.42. The lowest BCUT2D eigenvalue weighted by molar-refractivity contribution is -0.373. The van der Waals surface area contributed by atoms with E-state index >= 15 is 0 Å². The van der Waals surface area contributed by atoms with Crippen LogP contribution in [-0.4, -0.2) is 45.9 Å². The first-order valence-electron chi connectivity index (χ1n) is 8.17. The van der Waals surface area contributed by atoms with Crippen molar-refractivity contribution < 1.29 is 24.0 Å². The second-order valence-corrected chi connectivity index (χ2v) is 5.39. The molecule has 5 nitrogen and oxygen atoms in total. The number of hydrogen-bond acceptors (Lipinski definition) is 5. The van der Waals surface area contributed by atoms with E-state index in [2.05, 4.69) is 0 Å². The summed E-state index contributed by atoms with van der Waals surface area (Å²) in [5.74, 6) is 0. The maximum absolute atomic E-state index is 5.49. The Labute approximate surface area is 130 Å². The van der Waals surface area contributed by atoms with Crippen LogP contribution < -0.4 is 0 Å². The summed E-state index contributed by atoms with van der Waals surface area (Å²) in [6, 6.07) is 0. The van der Waals surface area contributed by atoms with Crippen molar-refractivity contribution in [2.45, 2.75) is 71.7 Å². The van der Waals surface area contributed by atoms with Gasteiger partial charge in [-0.15, -0.1) is 0 Å². The van der Waals surface area contributed by atoms with Crippen molar-refractivity contribution in [1.29, 1.82) is 0 Å². The number of unbranched alkanes of at least 4 members (excludes halogenated alkanes) is 4. The average molecular weight is 306 g/mol. The molecule has 0 aliphatic rings. The molecule has 0 amide bonds. The lowest BCUT2D eigenvalue weighted by Crippen LogP contribution is -2.15. The molecule has 0 aromatic carbocycles. The van der Waals surface area contributed by atoms with Gasteiger partial charge in [0, 0.05) is 26.9 Å². The first-order valence-corrected chi connectivity index (χ1v) is 8.17. The molecule has 0 aliphatic carbocycles. The van der Waals surface area contributed by atoms with Crippen molar-refractivity contribution >= 4 is 0 Å². The first-order chi connectivity index (χ1) is 10.2. The predicted octanol–water partition coefficient (Wildman–Crippen LogP) is 3.71. The molecule has 0 saturated heterocycles. The Morgan fingerprint density at radius 2 is 1.24 bits per heavy atom. The van der Waals surface area contributed by atoms with Crippen LogP contribution in [0.25, 0.3) is 0 Å². The van der Waals surface area contributed by atoms with Gasteiger partial charge in [0.2, 0.25) is 0 Å². The zero-order valence-corrected chi connectivity index (χ0v) is 14.3. The Balaban J connectivity index is 3.14. The van der Waals surface area contributed by atoms with E-state index in [1.54, 1.807) is 7.11 Å². The van der Waals surface area contributed by atoms with E-state index in [9.17, 15) is 0 Å². The average Bonchev–Trinajstić information content (AvgIpc) is 2.45. The fourth-order valence-electron chi connectivity index (χ4n) is 1.71. The molecular formula is C16H34O5. The van der Waals surface area contributed by atoms with Gasteiger partial charge in [0.25, 0.3) is 0 Å². The van der Waals surface area contributed by atoms with Crippen LogP contribution in [-0.2, 0) is 24.0 Å². The Morgan fingerprint density at radius 1 is 0.667 bits per heavy atom. The topological polar surface area (TPSA) is 46.2 Å². The number of rotatable bonds is 16. The molecule has 0 spiro atoms. The summed E-state index contributed by atoms with van der Waals surface area (Å²) in [5, 5.41) is 0. The van der Waals surface area contributed by atoms with Crippen molar-refractivity contribution in [3.8, 4) is 0 Å². The Morgan fingerprint density at radius 3 is 1.86 bits per heavy atom. The van der Waals surface area contributed by atoms with E-state index in [1.165, 1.54) is 6.42 Å². The highest BCUT2D eigenvalue weighted by atomic mass is 17.2. The van der Waals surface area contributed by atoms with Crippen molar-refractivity contribution in [1.82, 2.24) is 0 Å². The van der Waals surface area contributed by atoms with E-state index in [0.717, 1.165) is 45.3 Å². The summed E-state index contributed by atoms with van der Waals surface area (Å²) in [4.78, 5) is 10.3. The predicted molar refractivity (Wildman–Crippen MR) is 83.1 cm³/mol. The minimum atomic E-state index is -0.315. The summed E-state index contributed by atoms with van der Waals surface area (Å²) in [6.45, 7) is 8.85. The highest BCUT2D eigenvalue weighted by Crippen LogP contribution is 2.03. The molecule has 0 fully saturated rings. The van der Waals surface area contributed by atoms with Gasteiger partial charge in [-0.05, 0) is 46.5 Å². The van der Waals surface area contributed by atoms with Gasteiger partial charge in [0.05, 0.1) is 12.7 Å². The van der Waals surface area contributed by atoms with Gasteiger partial charge < -0.3 is 14.2 Å². The Kier molecular flexibility index (Phi) is 16.0. The van der Waals surface area contributed by atoms with Crippen LogP contribution >= 0.6 is 0 Å². The van der Waals surface area contributed by atoms with Crippen LogP contribution in [0.2, 0.25) is 0 Å². The summed E-state index contributed by atoms with van der Waals surface area (Å²) in [6.07, 6.45) is 6.38. The molecule has 0 rings (SSSR count). The molecule has 21 heavy (non-hydrogen) atoms. The lowest BCUT2D eigenvalue weighted by Gasteiger charge is -2.13. The van der Waals surface area contributed by atoms with Crippen LogP contribution in [0.3, 0.4) is 0 Å². The lowest BCUT2D eigenvalue weighted by atomic mass is 10.2. The molecule has 0 heterocycles. The highest BCUT2D eigenvalue weighted by Gasteiger charge is 2.03. The molecule has 0 aliphatic heterocycles. The van der Waals surface area contributed by atoms with E-state index in [4.69, 9.17) is 24.0 Å². The van der Waals surface area contributed by atoms with Gasteiger partial charge in [0.1, 0.15) is 0 Å². The van der Waals surface area contributed by atoms with Gasteiger partial charge in [-0.2, -0.15) is 0 Å². The fraction of sp³-hybridized carbons (Fsp3) is 1.00. The third kappa shape index (κ3) is 17.7. The Bertz CT molecular complexity index is 199. The molecule has 0 aromatic rings. The molecule has 0 saturated carbocycles. The second-order valence-electron chi connectivity index (χ2n) is 5.39. The molecule has 0 radical (unpaired) electrons. The molecule has 1 unspecified atom stereocenters. The molecule has 0 bridgehead atoms. The standard InChI is InChI=1S/C16H34O5/c1-15(2)18-12-9-10-13-19-16(3)21-20-14-8-6-5-7-11-17-4/h15-16H,5-14H2,1-4H3. The van der Waals surface area contributed by atoms with Crippen LogP contribution in [0.15, 0.2) is 0 Å². The molecular weight excluding hydrogens is 272 g/mol. The van der Waals surface area contributed by atoms with Crippen LogP contribution in [0.5, 0.6) is 0 Å². The molecule has 128 valence electrons. The number of ether oxygens (including phenoxy) is 3. The summed E-state index contributed by atoms with van der Waals surface area (Å²) in [5.41, 5.74) is 0. The van der Waals surface area contributed by atoms with Gasteiger partial charge in [-0.1, -0.05) is 12.8 Å². The zero-order chi connectivity index (χ0) is 15.8. The van der Waals surface area contributed by atoms with Crippen LogP contribution in [0.1, 0.15) is 59.3 Å². The fourth-order valence-corrected chi connectivity index (χ4v) is 1.71. The monoisotopic (exact) mass is 306 g/mol. The van der Waals surface area contributed by atoms with Gasteiger partial charge in [0.15, 0.2) is 6.29 Å². The van der Waals surface area contributed by atoms with Crippen molar-refractivity contribution in [2.75, 3.05) is 33.5 Å². The normalized spacial score (nSPS) is 13.0. The van der Waals surface area contributed by atoms with Crippen molar-refractivity contribution in [2.24, 2.45) is 0 Å². The Hall–Kier alpha value is -0.200. The number of hydrogen-bond donors (Lipinski definition) is 0. The molecule has 5 heteroatoms. The maximum atomic E-state index is 5.49. The maximum Gasteiger partial charge on any atom is 0.188 e. The van der Waals surface area contributed by atoms with E-state index in [1.807, 2.05) is 20.8 Å². The first kappa shape index (κ1) is 20.8. The molecule has 0 aromatic heterocycles. The van der Waals surface area contributed by atoms with E-state index in [-0.39, 0.29) is 6.29 Å². The van der Waals surface area contributed by atoms with E-state index < -0.39 is 0 Å². The van der Waals surface area contributed by atoms with Crippen LogP contribution in [0, 0.1) is 0 Å². The quantitative estimate of drug-likeness (QED) is 0.188. The summed E-state index contributed by atoms with van der Waals surface area (Å²) in [7, 11) is 1.73. The van der Waals surface area contributed by atoms with Crippen molar-refractivity contribution in [3.05, 3.63) is 0 Å². The second kappa shape index (κ2) is 16.2. The number of methoxy groups -OCH3 is 1. The van der Waals surface area contributed by atoms with Gasteiger partial charge in [-0.25, -0.2) is 9.78 Å². The minimum absolute atomic E-state index is 0.302. The van der Waals surface area contributed by atoms with Crippen molar-refractivity contribution in [3.63, 3.8) is 0 Å². The molecule has 0 N–H and O–H groups in total. The van der Waals surface area contributed by atoms with Gasteiger partial charge >= 0.3 is 0 Å². The summed E-state index contributed by atoms with van der Waals surface area (Å²) < 4.78 is 15.9. The molecule has 1 atom stereocenters. The van der Waals surface area contributed by atoms with E-state index in [0.29, 0.717) is 19.3 Å². The minimum Gasteiger partial charge on any atom is -0.385 e. The largest absolute Gasteiger partial charge is 0.385 e. The third-order valence-electron chi connectivity index (χ3n) is 2.87. The smallest absolute Gasteiger partial charge is 0.188 e. The SMILES string of the molecule is COCCCCCCOOC(C)OCCCCOC(C)C.